The minimum atomic E-state index is -0.875. The lowest BCUT2D eigenvalue weighted by atomic mass is 10.1. The normalized spacial score (nSPS) is 10.9. The first-order valence-electron chi connectivity index (χ1n) is 12.4. The summed E-state index contributed by atoms with van der Waals surface area (Å²) in [6.45, 7) is 3.71. The standard InChI is InChI=1S/C30H29N3O7/c1-30(2,19-39-24-14-12-21(13-15-24)28(36)38-18-20-8-5-4-6-9-20)33-27(35)26(34)32-23-11-7-10-22(16-23)25-17-31-29(37-3)40-25/h4-17H,18-19H2,1-3H3,(H,32,34)(H,33,35). The summed E-state index contributed by atoms with van der Waals surface area (Å²) in [7, 11) is 1.44. The minimum absolute atomic E-state index is 0.0760. The number of amides is 2. The number of rotatable bonds is 10. The van der Waals surface area contributed by atoms with E-state index in [2.05, 4.69) is 15.6 Å². The zero-order valence-corrected chi connectivity index (χ0v) is 22.3. The van der Waals surface area contributed by atoms with Crippen molar-refractivity contribution in [3.05, 3.63) is 96.2 Å². The van der Waals surface area contributed by atoms with Crippen LogP contribution in [0.5, 0.6) is 11.8 Å². The highest BCUT2D eigenvalue weighted by atomic mass is 16.6. The van der Waals surface area contributed by atoms with E-state index < -0.39 is 23.3 Å². The molecule has 0 aliphatic rings. The van der Waals surface area contributed by atoms with Gasteiger partial charge in [-0.3, -0.25) is 9.59 Å². The van der Waals surface area contributed by atoms with Crippen LogP contribution in [0.2, 0.25) is 0 Å². The monoisotopic (exact) mass is 543 g/mol. The third-order valence-corrected chi connectivity index (χ3v) is 5.62. The van der Waals surface area contributed by atoms with Gasteiger partial charge in [0.2, 0.25) is 0 Å². The lowest BCUT2D eigenvalue weighted by Crippen LogP contribution is -2.51. The molecule has 206 valence electrons. The number of nitrogens with one attached hydrogen (secondary N) is 2. The lowest BCUT2D eigenvalue weighted by Gasteiger charge is -2.26. The molecule has 0 spiro atoms. The summed E-state index contributed by atoms with van der Waals surface area (Å²) in [4.78, 5) is 41.4. The zero-order valence-electron chi connectivity index (χ0n) is 22.3. The van der Waals surface area contributed by atoms with Crippen molar-refractivity contribution in [2.24, 2.45) is 0 Å². The molecule has 0 saturated carbocycles. The average molecular weight is 544 g/mol. The second-order valence-electron chi connectivity index (χ2n) is 9.44. The van der Waals surface area contributed by atoms with E-state index in [1.54, 1.807) is 62.4 Å². The summed E-state index contributed by atoms with van der Waals surface area (Å²) in [6, 6.07) is 22.7. The molecule has 0 fully saturated rings. The number of carbonyl (C=O) groups excluding carboxylic acids is 3. The largest absolute Gasteiger partial charge is 0.491 e. The fraction of sp³-hybridized carbons (Fsp3) is 0.200. The smallest absolute Gasteiger partial charge is 0.393 e. The molecule has 2 N–H and O–H groups in total. The Morgan fingerprint density at radius 2 is 1.68 bits per heavy atom. The Bertz CT molecular complexity index is 1460. The SMILES string of the molecule is COc1ncc(-c2cccc(NC(=O)C(=O)NC(C)(C)COc3ccc(C(=O)OCc4ccccc4)cc3)c2)o1. The molecule has 2 amide bonds. The van der Waals surface area contributed by atoms with Gasteiger partial charge in [-0.2, -0.15) is 4.98 Å². The number of nitrogens with zero attached hydrogens (tertiary/aromatic N) is 1. The van der Waals surface area contributed by atoms with Crippen LogP contribution in [0, 0.1) is 0 Å². The molecule has 4 rings (SSSR count). The molecule has 1 heterocycles. The van der Waals surface area contributed by atoms with Crippen LogP contribution in [0.1, 0.15) is 29.8 Å². The third kappa shape index (κ3) is 7.70. The first kappa shape index (κ1) is 27.9. The van der Waals surface area contributed by atoms with Gasteiger partial charge < -0.3 is 29.3 Å². The molecule has 0 unspecified atom stereocenters. The summed E-state index contributed by atoms with van der Waals surface area (Å²) in [6.07, 6.45) is 1.62. The molecule has 40 heavy (non-hydrogen) atoms. The second-order valence-corrected chi connectivity index (χ2v) is 9.44. The van der Waals surface area contributed by atoms with Crippen molar-refractivity contribution in [1.82, 2.24) is 10.3 Å². The summed E-state index contributed by atoms with van der Waals surface area (Å²) < 4.78 is 21.5. The van der Waals surface area contributed by atoms with Crippen LogP contribution in [-0.4, -0.2) is 42.0 Å². The van der Waals surface area contributed by atoms with E-state index in [1.807, 2.05) is 30.3 Å². The van der Waals surface area contributed by atoms with Crippen molar-refractivity contribution in [1.29, 1.82) is 0 Å². The first-order chi connectivity index (χ1) is 19.2. The Morgan fingerprint density at radius 3 is 2.38 bits per heavy atom. The number of hydrogen-bond donors (Lipinski definition) is 2. The van der Waals surface area contributed by atoms with Gasteiger partial charge in [0.25, 0.3) is 0 Å². The Kier molecular flexibility index (Phi) is 8.80. The summed E-state index contributed by atoms with van der Waals surface area (Å²) in [5.74, 6) is -1.16. The predicted molar refractivity (Wildman–Crippen MR) is 147 cm³/mol. The minimum Gasteiger partial charge on any atom is -0.491 e. The third-order valence-electron chi connectivity index (χ3n) is 5.62. The highest BCUT2D eigenvalue weighted by Crippen LogP contribution is 2.25. The number of hydrogen-bond acceptors (Lipinski definition) is 8. The molecule has 4 aromatic rings. The molecule has 3 aromatic carbocycles. The van der Waals surface area contributed by atoms with Gasteiger partial charge in [-0.25, -0.2) is 4.79 Å². The van der Waals surface area contributed by atoms with E-state index in [9.17, 15) is 14.4 Å². The maximum absolute atomic E-state index is 12.6. The molecule has 0 aliphatic carbocycles. The van der Waals surface area contributed by atoms with Crippen molar-refractivity contribution in [2.45, 2.75) is 26.0 Å². The van der Waals surface area contributed by atoms with Crippen molar-refractivity contribution in [2.75, 3.05) is 19.0 Å². The van der Waals surface area contributed by atoms with E-state index in [-0.39, 0.29) is 19.3 Å². The quantitative estimate of drug-likeness (QED) is 0.219. The van der Waals surface area contributed by atoms with Crippen LogP contribution in [0.25, 0.3) is 11.3 Å². The van der Waals surface area contributed by atoms with Gasteiger partial charge in [-0.15, -0.1) is 0 Å². The summed E-state index contributed by atoms with van der Waals surface area (Å²) >= 11 is 0. The maximum atomic E-state index is 12.6. The summed E-state index contributed by atoms with van der Waals surface area (Å²) in [5, 5.41) is 5.25. The first-order valence-corrected chi connectivity index (χ1v) is 12.4. The van der Waals surface area contributed by atoms with Gasteiger partial charge >= 0.3 is 23.9 Å². The number of benzene rings is 3. The molecule has 0 saturated heterocycles. The van der Waals surface area contributed by atoms with E-state index in [1.165, 1.54) is 13.3 Å². The number of anilines is 1. The van der Waals surface area contributed by atoms with E-state index in [0.717, 1.165) is 5.56 Å². The highest BCUT2D eigenvalue weighted by Gasteiger charge is 2.26. The lowest BCUT2D eigenvalue weighted by molar-refractivity contribution is -0.137. The Labute approximate surface area is 231 Å². The van der Waals surface area contributed by atoms with E-state index >= 15 is 0 Å². The van der Waals surface area contributed by atoms with Crippen molar-refractivity contribution < 1.29 is 33.0 Å². The molecule has 0 atom stereocenters. The molecule has 0 radical (unpaired) electrons. The van der Waals surface area contributed by atoms with Gasteiger partial charge in [0.15, 0.2) is 5.76 Å². The number of aromatic nitrogens is 1. The molecule has 10 heteroatoms. The number of esters is 1. The molecule has 1 aromatic heterocycles. The molecular weight excluding hydrogens is 514 g/mol. The molecule has 0 aliphatic heterocycles. The average Bonchev–Trinajstić information content (AvgIpc) is 3.45. The van der Waals surface area contributed by atoms with Gasteiger partial charge in [0.05, 0.1) is 24.4 Å². The molecule has 10 nitrogen and oxygen atoms in total. The Hall–Kier alpha value is -5.12. The van der Waals surface area contributed by atoms with Crippen molar-refractivity contribution >= 4 is 23.5 Å². The molecular formula is C30H29N3O7. The maximum Gasteiger partial charge on any atom is 0.393 e. The number of carbonyl (C=O) groups is 3. The van der Waals surface area contributed by atoms with Crippen LogP contribution in [-0.2, 0) is 20.9 Å². The van der Waals surface area contributed by atoms with Gasteiger partial charge in [-0.1, -0.05) is 42.5 Å². The zero-order chi connectivity index (χ0) is 28.5. The van der Waals surface area contributed by atoms with E-state index in [4.69, 9.17) is 18.6 Å². The van der Waals surface area contributed by atoms with Crippen LogP contribution >= 0.6 is 0 Å². The van der Waals surface area contributed by atoms with Gasteiger partial charge in [0, 0.05) is 11.3 Å². The fourth-order valence-electron chi connectivity index (χ4n) is 3.58. The van der Waals surface area contributed by atoms with Crippen molar-refractivity contribution in [3.8, 4) is 23.1 Å². The van der Waals surface area contributed by atoms with Crippen LogP contribution in [0.3, 0.4) is 0 Å². The Balaban J connectivity index is 1.26. The van der Waals surface area contributed by atoms with Gasteiger partial charge in [-0.05, 0) is 55.8 Å². The van der Waals surface area contributed by atoms with Crippen molar-refractivity contribution in [3.63, 3.8) is 0 Å². The Morgan fingerprint density at radius 1 is 0.925 bits per heavy atom. The number of ether oxygens (including phenoxy) is 3. The topological polar surface area (TPSA) is 129 Å². The number of oxazole rings is 1. The highest BCUT2D eigenvalue weighted by molar-refractivity contribution is 6.39. The predicted octanol–water partition coefficient (Wildman–Crippen LogP) is 4.62. The van der Waals surface area contributed by atoms with Gasteiger partial charge in [0.1, 0.15) is 19.0 Å². The molecule has 0 bridgehead atoms. The van der Waals surface area contributed by atoms with Crippen LogP contribution in [0.15, 0.2) is 89.5 Å². The van der Waals surface area contributed by atoms with E-state index in [0.29, 0.717) is 28.3 Å². The fourth-order valence-corrected chi connectivity index (χ4v) is 3.58. The van der Waals surface area contributed by atoms with Crippen LogP contribution in [0.4, 0.5) is 5.69 Å². The number of methoxy groups -OCH3 is 1. The summed E-state index contributed by atoms with van der Waals surface area (Å²) in [5.41, 5.74) is 1.47. The second kappa shape index (κ2) is 12.6. The van der Waals surface area contributed by atoms with Crippen LogP contribution < -0.4 is 20.1 Å².